The molecule has 2 N–H and O–H groups in total. The van der Waals surface area contributed by atoms with E-state index in [1.807, 2.05) is 30.9 Å². The molecule has 0 radical (unpaired) electrons. The van der Waals surface area contributed by atoms with Crippen molar-refractivity contribution < 1.29 is 9.53 Å². The summed E-state index contributed by atoms with van der Waals surface area (Å²) in [7, 11) is 0. The van der Waals surface area contributed by atoms with Crippen LogP contribution in [0.25, 0.3) is 0 Å². The van der Waals surface area contributed by atoms with Gasteiger partial charge in [0, 0.05) is 0 Å². The summed E-state index contributed by atoms with van der Waals surface area (Å²) in [6, 6.07) is 7.83. The third-order valence-electron chi connectivity index (χ3n) is 4.01. The summed E-state index contributed by atoms with van der Waals surface area (Å²) in [4.78, 5) is 14.2. The van der Waals surface area contributed by atoms with Gasteiger partial charge in [-0.2, -0.15) is 0 Å². The van der Waals surface area contributed by atoms with E-state index in [2.05, 4.69) is 19.1 Å². The Kier molecular flexibility index (Phi) is 4.78. The Balaban J connectivity index is 2.16. The number of rotatable bonds is 3. The summed E-state index contributed by atoms with van der Waals surface area (Å²) in [5.74, 6) is 0.0295. The lowest BCUT2D eigenvalue weighted by Crippen LogP contribution is -2.53. The lowest BCUT2D eigenvalue weighted by molar-refractivity contribution is -0.146. The fraction of sp³-hybridized carbons (Fsp3) is 0.562. The summed E-state index contributed by atoms with van der Waals surface area (Å²) in [5.41, 5.74) is 8.24. The number of benzene rings is 1. The molecule has 0 saturated carbocycles. The highest BCUT2D eigenvalue weighted by atomic mass is 16.5. The number of morpholine rings is 1. The third kappa shape index (κ3) is 3.02. The molecule has 110 valence electrons. The van der Waals surface area contributed by atoms with Gasteiger partial charge in [-0.05, 0) is 31.4 Å². The number of ether oxygens (including phenoxy) is 1. The Morgan fingerprint density at radius 2 is 2.20 bits per heavy atom. The van der Waals surface area contributed by atoms with E-state index in [0.29, 0.717) is 19.6 Å². The maximum absolute atomic E-state index is 12.3. The molecule has 2 rings (SSSR count). The quantitative estimate of drug-likeness (QED) is 0.919. The molecule has 1 saturated heterocycles. The van der Waals surface area contributed by atoms with E-state index in [4.69, 9.17) is 10.5 Å². The van der Waals surface area contributed by atoms with Crippen molar-refractivity contribution in [2.75, 3.05) is 13.2 Å². The van der Waals surface area contributed by atoms with Crippen molar-refractivity contribution in [1.29, 1.82) is 0 Å². The van der Waals surface area contributed by atoms with E-state index in [1.54, 1.807) is 0 Å². The summed E-state index contributed by atoms with van der Waals surface area (Å²) in [6.07, 6.45) is 0.609. The van der Waals surface area contributed by atoms with Gasteiger partial charge in [0.15, 0.2) is 0 Å². The SMILES string of the molecule is CC[C@H](N)C(=O)N1C[C@H](c2ccccc2C)OC[C@@H]1C. The van der Waals surface area contributed by atoms with Crippen LogP contribution in [0, 0.1) is 6.92 Å². The Bertz CT molecular complexity index is 475. The molecule has 1 amide bonds. The van der Waals surface area contributed by atoms with E-state index in [9.17, 15) is 4.79 Å². The molecule has 4 heteroatoms. The molecule has 0 spiro atoms. The van der Waals surface area contributed by atoms with Crippen LogP contribution in [0.3, 0.4) is 0 Å². The standard InChI is InChI=1S/C16H24N2O2/c1-4-14(17)16(19)18-9-15(20-10-12(18)3)13-8-6-5-7-11(13)2/h5-8,12,14-15H,4,9-10,17H2,1-3H3/t12-,14-,15+/m0/s1. The molecule has 1 aromatic rings. The van der Waals surface area contributed by atoms with Gasteiger partial charge in [-0.1, -0.05) is 31.2 Å². The second-order valence-electron chi connectivity index (χ2n) is 5.53. The fourth-order valence-electron chi connectivity index (χ4n) is 2.59. The zero-order valence-corrected chi connectivity index (χ0v) is 12.5. The van der Waals surface area contributed by atoms with E-state index in [1.165, 1.54) is 5.56 Å². The van der Waals surface area contributed by atoms with E-state index in [-0.39, 0.29) is 18.1 Å². The average Bonchev–Trinajstić information content (AvgIpc) is 2.47. The first-order valence-electron chi connectivity index (χ1n) is 7.27. The van der Waals surface area contributed by atoms with Crippen molar-refractivity contribution in [2.45, 2.75) is 45.4 Å². The highest BCUT2D eigenvalue weighted by Crippen LogP contribution is 2.27. The first-order chi connectivity index (χ1) is 9.54. The minimum Gasteiger partial charge on any atom is -0.370 e. The Morgan fingerprint density at radius 1 is 1.50 bits per heavy atom. The molecule has 0 aromatic heterocycles. The van der Waals surface area contributed by atoms with Gasteiger partial charge in [-0.3, -0.25) is 4.79 Å². The number of aryl methyl sites for hydroxylation is 1. The second-order valence-corrected chi connectivity index (χ2v) is 5.53. The normalized spacial score (nSPS) is 24.5. The van der Waals surface area contributed by atoms with Crippen LogP contribution < -0.4 is 5.73 Å². The van der Waals surface area contributed by atoms with Crippen molar-refractivity contribution in [3.05, 3.63) is 35.4 Å². The zero-order chi connectivity index (χ0) is 14.7. The third-order valence-corrected chi connectivity index (χ3v) is 4.01. The number of carbonyl (C=O) groups excluding carboxylic acids is 1. The molecule has 1 fully saturated rings. The van der Waals surface area contributed by atoms with Crippen molar-refractivity contribution >= 4 is 5.91 Å². The van der Waals surface area contributed by atoms with Crippen LogP contribution in [0.4, 0.5) is 0 Å². The van der Waals surface area contributed by atoms with Crippen LogP contribution in [0.15, 0.2) is 24.3 Å². The van der Waals surface area contributed by atoms with Crippen molar-refractivity contribution in [2.24, 2.45) is 5.73 Å². The van der Waals surface area contributed by atoms with Gasteiger partial charge in [-0.15, -0.1) is 0 Å². The first-order valence-corrected chi connectivity index (χ1v) is 7.27. The molecule has 1 aromatic carbocycles. The number of hydrogen-bond acceptors (Lipinski definition) is 3. The van der Waals surface area contributed by atoms with E-state index >= 15 is 0 Å². The van der Waals surface area contributed by atoms with Crippen molar-refractivity contribution in [3.8, 4) is 0 Å². The van der Waals surface area contributed by atoms with Gasteiger partial charge >= 0.3 is 0 Å². The minimum absolute atomic E-state index is 0.0295. The molecule has 20 heavy (non-hydrogen) atoms. The van der Waals surface area contributed by atoms with Gasteiger partial charge in [0.2, 0.25) is 5.91 Å². The largest absolute Gasteiger partial charge is 0.370 e. The summed E-state index contributed by atoms with van der Waals surface area (Å²) < 4.78 is 5.92. The molecule has 1 aliphatic heterocycles. The topological polar surface area (TPSA) is 55.6 Å². The summed E-state index contributed by atoms with van der Waals surface area (Å²) >= 11 is 0. The van der Waals surface area contributed by atoms with E-state index < -0.39 is 6.04 Å². The highest BCUT2D eigenvalue weighted by Gasteiger charge is 2.32. The molecule has 0 aliphatic carbocycles. The lowest BCUT2D eigenvalue weighted by Gasteiger charge is -2.39. The molecule has 1 heterocycles. The van der Waals surface area contributed by atoms with Gasteiger partial charge in [0.25, 0.3) is 0 Å². The van der Waals surface area contributed by atoms with Crippen molar-refractivity contribution in [1.82, 2.24) is 4.90 Å². The first kappa shape index (κ1) is 15.0. The number of hydrogen-bond donors (Lipinski definition) is 1. The Hall–Kier alpha value is -1.39. The monoisotopic (exact) mass is 276 g/mol. The predicted molar refractivity (Wildman–Crippen MR) is 79.3 cm³/mol. The van der Waals surface area contributed by atoms with Crippen LogP contribution in [-0.4, -0.2) is 36.0 Å². The molecular formula is C16H24N2O2. The van der Waals surface area contributed by atoms with E-state index in [0.717, 1.165) is 5.56 Å². The van der Waals surface area contributed by atoms with Crippen LogP contribution >= 0.6 is 0 Å². The average molecular weight is 276 g/mol. The number of nitrogens with two attached hydrogens (primary N) is 1. The number of amides is 1. The Labute approximate surface area is 120 Å². The predicted octanol–water partition coefficient (Wildman–Crippen LogP) is 2.02. The van der Waals surface area contributed by atoms with Crippen LogP contribution in [0.1, 0.15) is 37.5 Å². The van der Waals surface area contributed by atoms with Crippen LogP contribution in [-0.2, 0) is 9.53 Å². The summed E-state index contributed by atoms with van der Waals surface area (Å²) in [6.45, 7) is 7.15. The van der Waals surface area contributed by atoms with Crippen LogP contribution in [0.5, 0.6) is 0 Å². The maximum Gasteiger partial charge on any atom is 0.239 e. The van der Waals surface area contributed by atoms with Gasteiger partial charge in [0.1, 0.15) is 6.10 Å². The van der Waals surface area contributed by atoms with Gasteiger partial charge < -0.3 is 15.4 Å². The molecule has 1 aliphatic rings. The number of nitrogens with zero attached hydrogens (tertiary/aromatic N) is 1. The molecule has 0 bridgehead atoms. The maximum atomic E-state index is 12.3. The van der Waals surface area contributed by atoms with Crippen molar-refractivity contribution in [3.63, 3.8) is 0 Å². The minimum atomic E-state index is -0.409. The van der Waals surface area contributed by atoms with Gasteiger partial charge in [0.05, 0.1) is 25.2 Å². The molecule has 3 atom stereocenters. The highest BCUT2D eigenvalue weighted by molar-refractivity contribution is 5.82. The second kappa shape index (κ2) is 6.37. The lowest BCUT2D eigenvalue weighted by atomic mass is 10.0. The zero-order valence-electron chi connectivity index (χ0n) is 12.5. The van der Waals surface area contributed by atoms with Crippen LogP contribution in [0.2, 0.25) is 0 Å². The molecule has 4 nitrogen and oxygen atoms in total. The molecule has 0 unspecified atom stereocenters. The smallest absolute Gasteiger partial charge is 0.239 e. The van der Waals surface area contributed by atoms with Gasteiger partial charge in [-0.25, -0.2) is 0 Å². The number of carbonyl (C=O) groups is 1. The fourth-order valence-corrected chi connectivity index (χ4v) is 2.59. The Morgan fingerprint density at radius 3 is 2.85 bits per heavy atom. The molecular weight excluding hydrogens is 252 g/mol. The summed E-state index contributed by atoms with van der Waals surface area (Å²) in [5, 5.41) is 0.